The lowest BCUT2D eigenvalue weighted by Crippen LogP contribution is -2.37. The van der Waals surface area contributed by atoms with E-state index in [4.69, 9.17) is 4.74 Å². The van der Waals surface area contributed by atoms with E-state index in [2.05, 4.69) is 6.58 Å². The third-order valence-electron chi connectivity index (χ3n) is 4.39. The summed E-state index contributed by atoms with van der Waals surface area (Å²) < 4.78 is 4.72. The van der Waals surface area contributed by atoms with Gasteiger partial charge in [0, 0.05) is 6.42 Å². The van der Waals surface area contributed by atoms with Crippen LogP contribution < -0.4 is 0 Å². The Kier molecular flexibility index (Phi) is 3.27. The maximum absolute atomic E-state index is 11.6. The maximum Gasteiger partial charge on any atom is 0.337 e. The minimum atomic E-state index is -0.384. The molecule has 1 saturated carbocycles. The fraction of sp³-hybridized carbons (Fsp3) is 0.643. The van der Waals surface area contributed by atoms with E-state index >= 15 is 0 Å². The van der Waals surface area contributed by atoms with E-state index in [-0.39, 0.29) is 17.1 Å². The molecule has 2 aliphatic rings. The minimum Gasteiger partial charge on any atom is -0.512 e. The van der Waals surface area contributed by atoms with Gasteiger partial charge in [0.15, 0.2) is 0 Å². The van der Waals surface area contributed by atoms with Crippen molar-refractivity contribution < 1.29 is 14.6 Å². The van der Waals surface area contributed by atoms with Gasteiger partial charge in [-0.05, 0) is 30.6 Å². The maximum atomic E-state index is 11.6. The van der Waals surface area contributed by atoms with E-state index < -0.39 is 0 Å². The number of rotatable bonds is 2. The van der Waals surface area contributed by atoms with Crippen molar-refractivity contribution in [2.45, 2.75) is 38.5 Å². The van der Waals surface area contributed by atoms with Crippen LogP contribution in [0, 0.1) is 11.3 Å². The molecule has 0 aliphatic heterocycles. The van der Waals surface area contributed by atoms with Crippen molar-refractivity contribution in [3.63, 3.8) is 0 Å². The van der Waals surface area contributed by atoms with Gasteiger partial charge < -0.3 is 9.84 Å². The Hall–Kier alpha value is -1.25. The summed E-state index contributed by atoms with van der Waals surface area (Å²) in [5, 5.41) is 10.0. The second kappa shape index (κ2) is 4.55. The lowest BCUT2D eigenvalue weighted by Gasteiger charge is -2.45. The van der Waals surface area contributed by atoms with E-state index in [0.717, 1.165) is 12.8 Å². The zero-order valence-electron chi connectivity index (χ0n) is 10.4. The molecule has 0 aromatic rings. The highest BCUT2D eigenvalue weighted by Crippen LogP contribution is 2.52. The molecule has 17 heavy (non-hydrogen) atoms. The van der Waals surface area contributed by atoms with Crippen molar-refractivity contribution in [1.29, 1.82) is 0 Å². The van der Waals surface area contributed by atoms with Crippen LogP contribution in [0.2, 0.25) is 0 Å². The number of hydrogen-bond acceptors (Lipinski definition) is 3. The molecule has 2 unspecified atom stereocenters. The Morgan fingerprint density at radius 3 is 3.00 bits per heavy atom. The Morgan fingerprint density at radius 1 is 1.59 bits per heavy atom. The molecular formula is C14H20O3. The van der Waals surface area contributed by atoms with E-state index in [1.165, 1.54) is 20.0 Å². The highest BCUT2D eigenvalue weighted by molar-refractivity contribution is 5.89. The van der Waals surface area contributed by atoms with Crippen LogP contribution in [0.5, 0.6) is 0 Å². The molecule has 3 heteroatoms. The molecule has 0 amide bonds. The lowest BCUT2D eigenvalue weighted by atomic mass is 9.59. The van der Waals surface area contributed by atoms with Crippen LogP contribution in [0.3, 0.4) is 0 Å². The van der Waals surface area contributed by atoms with Crippen molar-refractivity contribution in [2.24, 2.45) is 11.3 Å². The average Bonchev–Trinajstić information content (AvgIpc) is 2.36. The number of carbonyl (C=O) groups excluding carboxylic acids is 1. The van der Waals surface area contributed by atoms with E-state index in [1.807, 2.05) is 6.08 Å². The number of aliphatic hydroxyl groups excluding tert-OH is 1. The van der Waals surface area contributed by atoms with Crippen LogP contribution in [0.4, 0.5) is 0 Å². The van der Waals surface area contributed by atoms with E-state index in [1.54, 1.807) is 0 Å². The zero-order valence-corrected chi connectivity index (χ0v) is 10.4. The molecule has 0 bridgehead atoms. The molecule has 94 valence electrons. The smallest absolute Gasteiger partial charge is 0.337 e. The van der Waals surface area contributed by atoms with Gasteiger partial charge in [-0.2, -0.15) is 0 Å². The number of fused-ring (bicyclic) bond motifs is 1. The van der Waals surface area contributed by atoms with Crippen molar-refractivity contribution in [2.75, 3.05) is 7.11 Å². The summed E-state index contributed by atoms with van der Waals surface area (Å²) in [5.74, 6) is 0.249. The van der Waals surface area contributed by atoms with Gasteiger partial charge in [0.1, 0.15) is 5.76 Å². The van der Waals surface area contributed by atoms with Gasteiger partial charge in [0.25, 0.3) is 0 Å². The molecule has 0 spiro atoms. The summed E-state index contributed by atoms with van der Waals surface area (Å²) >= 11 is 0. The van der Waals surface area contributed by atoms with Crippen molar-refractivity contribution in [1.82, 2.24) is 0 Å². The lowest BCUT2D eigenvalue weighted by molar-refractivity contribution is -0.137. The molecule has 1 N–H and O–H groups in total. The molecule has 0 saturated heterocycles. The van der Waals surface area contributed by atoms with Gasteiger partial charge in [-0.1, -0.05) is 18.9 Å². The summed E-state index contributed by atoms with van der Waals surface area (Å²) in [4.78, 5) is 11.6. The minimum absolute atomic E-state index is 0.000144. The van der Waals surface area contributed by atoms with Crippen LogP contribution in [-0.2, 0) is 9.53 Å². The quantitative estimate of drug-likeness (QED) is 0.592. The van der Waals surface area contributed by atoms with E-state index in [0.29, 0.717) is 24.3 Å². The first-order valence-corrected chi connectivity index (χ1v) is 6.26. The van der Waals surface area contributed by atoms with Gasteiger partial charge in [0.2, 0.25) is 0 Å². The summed E-state index contributed by atoms with van der Waals surface area (Å²) in [5.41, 5.74) is 0.469. The third-order valence-corrected chi connectivity index (χ3v) is 4.39. The Balaban J connectivity index is 2.31. The second-order valence-corrected chi connectivity index (χ2v) is 5.18. The molecule has 2 aliphatic carbocycles. The van der Waals surface area contributed by atoms with Gasteiger partial charge in [-0.25, -0.2) is 4.79 Å². The molecule has 3 nitrogen and oxygen atoms in total. The molecule has 1 fully saturated rings. The number of methoxy groups -OCH3 is 1. The zero-order chi connectivity index (χ0) is 12.5. The van der Waals surface area contributed by atoms with Crippen molar-refractivity contribution in [3.05, 3.63) is 24.0 Å². The third kappa shape index (κ3) is 1.99. The first-order chi connectivity index (χ1) is 8.13. The fourth-order valence-electron chi connectivity index (χ4n) is 3.32. The number of carbonyl (C=O) groups is 1. The number of allylic oxidation sites excluding steroid dienone is 2. The van der Waals surface area contributed by atoms with E-state index in [9.17, 15) is 9.90 Å². The first-order valence-electron chi connectivity index (χ1n) is 6.26. The molecule has 0 heterocycles. The van der Waals surface area contributed by atoms with Gasteiger partial charge >= 0.3 is 5.97 Å². The highest BCUT2D eigenvalue weighted by atomic mass is 16.5. The van der Waals surface area contributed by atoms with Crippen LogP contribution in [0.15, 0.2) is 24.0 Å². The topological polar surface area (TPSA) is 46.5 Å². The molecule has 0 aromatic heterocycles. The summed E-state index contributed by atoms with van der Waals surface area (Å²) in [6, 6.07) is 0. The fourth-order valence-corrected chi connectivity index (χ4v) is 3.32. The molecular weight excluding hydrogens is 216 g/mol. The Bertz CT molecular complexity index is 370. The summed E-state index contributed by atoms with van der Waals surface area (Å²) in [6.45, 7) is 3.93. The predicted octanol–water partition coefficient (Wildman–Crippen LogP) is 3.13. The number of aliphatic hydroxyl groups is 1. The summed E-state index contributed by atoms with van der Waals surface area (Å²) in [7, 11) is 1.36. The average molecular weight is 236 g/mol. The normalized spacial score (nSPS) is 32.9. The van der Waals surface area contributed by atoms with Gasteiger partial charge in [-0.3, -0.25) is 0 Å². The standard InChI is InChI=1S/C14H20O3/c1-3-14-7-5-4-6-10(14)8-11(12(15)9-14)13(16)17-2/h3,10,15H,1,4-9H2,2H3. The Morgan fingerprint density at radius 2 is 2.35 bits per heavy atom. The Labute approximate surface area is 102 Å². The predicted molar refractivity (Wildman–Crippen MR) is 65.5 cm³/mol. The number of esters is 1. The first kappa shape index (κ1) is 12.2. The number of ether oxygens (including phenoxy) is 1. The molecule has 0 radical (unpaired) electrons. The van der Waals surface area contributed by atoms with Crippen LogP contribution in [0.25, 0.3) is 0 Å². The summed E-state index contributed by atoms with van der Waals surface area (Å²) in [6.07, 6.45) is 7.73. The van der Waals surface area contributed by atoms with Crippen molar-refractivity contribution in [3.8, 4) is 0 Å². The van der Waals surface area contributed by atoms with Crippen molar-refractivity contribution >= 4 is 5.97 Å². The highest BCUT2D eigenvalue weighted by Gasteiger charge is 2.44. The van der Waals surface area contributed by atoms with Gasteiger partial charge in [0.05, 0.1) is 12.7 Å². The SMILES string of the molecule is C=CC12CCCCC1CC(C(=O)OC)=C(O)C2. The van der Waals surface area contributed by atoms with Crippen LogP contribution >= 0.6 is 0 Å². The van der Waals surface area contributed by atoms with Crippen LogP contribution in [-0.4, -0.2) is 18.2 Å². The monoisotopic (exact) mass is 236 g/mol. The van der Waals surface area contributed by atoms with Gasteiger partial charge in [-0.15, -0.1) is 6.58 Å². The molecule has 2 atom stereocenters. The molecule has 2 rings (SSSR count). The van der Waals surface area contributed by atoms with Crippen LogP contribution in [0.1, 0.15) is 38.5 Å². The largest absolute Gasteiger partial charge is 0.512 e. The number of hydrogen-bond donors (Lipinski definition) is 1. The second-order valence-electron chi connectivity index (χ2n) is 5.18. The molecule has 0 aromatic carbocycles.